The van der Waals surface area contributed by atoms with Gasteiger partial charge in [-0.15, -0.1) is 11.3 Å². The second-order valence-electron chi connectivity index (χ2n) is 13.0. The molecule has 51 heavy (non-hydrogen) atoms. The number of aromatic nitrogens is 4. The van der Waals surface area contributed by atoms with Crippen molar-refractivity contribution >= 4 is 75.3 Å². The van der Waals surface area contributed by atoms with E-state index in [1.54, 1.807) is 11.3 Å². The van der Waals surface area contributed by atoms with Gasteiger partial charge in [0.25, 0.3) is 0 Å². The number of rotatable bonds is 4. The van der Waals surface area contributed by atoms with Gasteiger partial charge in [-0.25, -0.2) is 9.97 Å². The van der Waals surface area contributed by atoms with Crippen LogP contribution < -0.4 is 0 Å². The van der Waals surface area contributed by atoms with Gasteiger partial charge in [-0.05, 0) is 59.7 Å². The van der Waals surface area contributed by atoms with E-state index < -0.39 is 0 Å². The number of benzene rings is 7. The Morgan fingerprint density at radius 3 is 1.73 bits per heavy atom. The lowest BCUT2D eigenvalue weighted by atomic mass is 10.0. The highest BCUT2D eigenvalue weighted by atomic mass is 32.1. The molecule has 0 aliphatic rings. The summed E-state index contributed by atoms with van der Waals surface area (Å²) in [6, 6.07) is 60.6. The van der Waals surface area contributed by atoms with Crippen molar-refractivity contribution in [1.82, 2.24) is 19.1 Å². The second-order valence-corrected chi connectivity index (χ2v) is 14.1. The zero-order valence-corrected chi connectivity index (χ0v) is 28.2. The first-order valence-corrected chi connectivity index (χ1v) is 18.0. The monoisotopic (exact) mass is 668 g/mol. The van der Waals surface area contributed by atoms with Crippen molar-refractivity contribution in [1.29, 1.82) is 0 Å². The first kappa shape index (κ1) is 28.3. The average molecular weight is 669 g/mol. The fraction of sp³-hybridized carbons (Fsp3) is 0. The molecule has 0 spiro atoms. The van der Waals surface area contributed by atoms with E-state index in [0.717, 1.165) is 43.6 Å². The molecular formula is C46H28N4S. The van der Waals surface area contributed by atoms with E-state index in [1.165, 1.54) is 48.4 Å². The maximum atomic E-state index is 5.49. The van der Waals surface area contributed by atoms with Crippen LogP contribution in [-0.2, 0) is 0 Å². The molecule has 11 rings (SSSR count). The Hall–Kier alpha value is -6.56. The molecule has 11 aromatic rings. The number of thiophene rings is 1. The first-order chi connectivity index (χ1) is 25.3. The molecule has 0 saturated carbocycles. The molecule has 0 unspecified atom stereocenters. The third-order valence-electron chi connectivity index (χ3n) is 10.1. The van der Waals surface area contributed by atoms with Crippen molar-refractivity contribution in [3.63, 3.8) is 0 Å². The molecule has 0 N–H and O–H groups in total. The number of para-hydroxylation sites is 3. The normalized spacial score (nSPS) is 11.9. The van der Waals surface area contributed by atoms with Crippen molar-refractivity contribution in [2.75, 3.05) is 0 Å². The fourth-order valence-corrected chi connectivity index (χ4v) is 9.02. The van der Waals surface area contributed by atoms with Crippen LogP contribution in [0.25, 0.3) is 97.9 Å². The first-order valence-electron chi connectivity index (χ1n) is 17.2. The molecule has 5 heteroatoms. The lowest BCUT2D eigenvalue weighted by Crippen LogP contribution is -2.03. The zero-order valence-electron chi connectivity index (χ0n) is 27.4. The highest BCUT2D eigenvalue weighted by Gasteiger charge is 2.21. The maximum absolute atomic E-state index is 5.49. The summed E-state index contributed by atoms with van der Waals surface area (Å²) in [6.07, 6.45) is 0. The molecule has 0 aliphatic carbocycles. The van der Waals surface area contributed by atoms with Gasteiger partial charge in [0.2, 0.25) is 5.95 Å². The predicted octanol–water partition coefficient (Wildman–Crippen LogP) is 12.4. The molecule has 7 aromatic carbocycles. The number of nitrogens with zero attached hydrogens (tertiary/aromatic N) is 4. The van der Waals surface area contributed by atoms with Crippen LogP contribution >= 0.6 is 11.3 Å². The van der Waals surface area contributed by atoms with Crippen LogP contribution in [0.3, 0.4) is 0 Å². The van der Waals surface area contributed by atoms with E-state index >= 15 is 0 Å². The van der Waals surface area contributed by atoms with Gasteiger partial charge in [0.05, 0.1) is 38.0 Å². The van der Waals surface area contributed by atoms with Gasteiger partial charge in [0, 0.05) is 42.9 Å². The highest BCUT2D eigenvalue weighted by molar-refractivity contribution is 7.26. The summed E-state index contributed by atoms with van der Waals surface area (Å²) in [5.41, 5.74) is 11.0. The molecule has 0 bridgehead atoms. The van der Waals surface area contributed by atoms with Gasteiger partial charge >= 0.3 is 0 Å². The summed E-state index contributed by atoms with van der Waals surface area (Å²) in [5.74, 6) is 0.669. The molecule has 0 saturated heterocycles. The quantitative estimate of drug-likeness (QED) is 0.187. The maximum Gasteiger partial charge on any atom is 0.235 e. The average Bonchev–Trinajstić information content (AvgIpc) is 3.85. The van der Waals surface area contributed by atoms with Crippen LogP contribution in [0.2, 0.25) is 0 Å². The Balaban J connectivity index is 1.19. The van der Waals surface area contributed by atoms with Crippen LogP contribution in [0.5, 0.6) is 0 Å². The van der Waals surface area contributed by atoms with E-state index in [2.05, 4.69) is 179 Å². The largest absolute Gasteiger partial charge is 0.309 e. The van der Waals surface area contributed by atoms with Crippen molar-refractivity contribution < 1.29 is 0 Å². The molecule has 238 valence electrons. The summed E-state index contributed by atoms with van der Waals surface area (Å²) in [6.45, 7) is 0. The Morgan fingerprint density at radius 1 is 0.392 bits per heavy atom. The van der Waals surface area contributed by atoms with Gasteiger partial charge in [0.15, 0.2) is 0 Å². The van der Waals surface area contributed by atoms with Crippen molar-refractivity contribution in [2.45, 2.75) is 0 Å². The molecule has 0 radical (unpaired) electrons. The summed E-state index contributed by atoms with van der Waals surface area (Å²) < 4.78 is 6.90. The van der Waals surface area contributed by atoms with Gasteiger partial charge in [-0.2, -0.15) is 0 Å². The van der Waals surface area contributed by atoms with Crippen LogP contribution in [0.4, 0.5) is 0 Å². The Labute approximate surface area is 297 Å². The summed E-state index contributed by atoms with van der Waals surface area (Å²) in [5, 5.41) is 6.00. The minimum Gasteiger partial charge on any atom is -0.309 e. The fourth-order valence-electron chi connectivity index (χ4n) is 7.87. The van der Waals surface area contributed by atoms with Crippen molar-refractivity contribution in [3.05, 3.63) is 170 Å². The van der Waals surface area contributed by atoms with E-state index in [9.17, 15) is 0 Å². The van der Waals surface area contributed by atoms with Gasteiger partial charge in [-0.1, -0.05) is 121 Å². The van der Waals surface area contributed by atoms with E-state index in [4.69, 9.17) is 9.97 Å². The lowest BCUT2D eigenvalue weighted by molar-refractivity contribution is 1.02. The SMILES string of the molecule is c1ccc(-c2ccc3c(c2)c2ccccc2n3-c2nc(-c3cccc(-n4c5ccccc5c5ccccc54)c3)c3sc4ccccc4c3n2)cc1. The molecule has 4 aromatic heterocycles. The Bertz CT molecular complexity index is 3090. The number of hydrogen-bond donors (Lipinski definition) is 0. The summed E-state index contributed by atoms with van der Waals surface area (Å²) in [7, 11) is 0. The highest BCUT2D eigenvalue weighted by Crippen LogP contribution is 2.41. The summed E-state index contributed by atoms with van der Waals surface area (Å²) >= 11 is 1.76. The van der Waals surface area contributed by atoms with E-state index in [1.807, 2.05) is 0 Å². The standard InChI is InChI=1S/C46H28N4S/c1-2-13-29(14-3-1)30-25-26-41-37(28-30)35-19-6-10-23-40(35)50(41)46-47-43(45-44(48-46)36-20-7-11-24-42(36)51-45)31-15-12-16-32(27-31)49-38-21-8-4-17-33(38)34-18-5-9-22-39(34)49/h1-28H. The topological polar surface area (TPSA) is 35.6 Å². The van der Waals surface area contributed by atoms with Gasteiger partial charge in [0.1, 0.15) is 0 Å². The van der Waals surface area contributed by atoms with Crippen LogP contribution in [0.1, 0.15) is 0 Å². The summed E-state index contributed by atoms with van der Waals surface area (Å²) in [4.78, 5) is 10.9. The van der Waals surface area contributed by atoms with Crippen LogP contribution in [-0.4, -0.2) is 19.1 Å². The van der Waals surface area contributed by atoms with E-state index in [-0.39, 0.29) is 0 Å². The van der Waals surface area contributed by atoms with Gasteiger partial charge < -0.3 is 4.57 Å². The van der Waals surface area contributed by atoms with E-state index in [0.29, 0.717) is 5.95 Å². The molecule has 4 nitrogen and oxygen atoms in total. The lowest BCUT2D eigenvalue weighted by Gasteiger charge is -2.12. The van der Waals surface area contributed by atoms with Crippen molar-refractivity contribution in [2.24, 2.45) is 0 Å². The minimum absolute atomic E-state index is 0.669. The number of hydrogen-bond acceptors (Lipinski definition) is 3. The van der Waals surface area contributed by atoms with Gasteiger partial charge in [-0.3, -0.25) is 4.57 Å². The van der Waals surface area contributed by atoms with Crippen molar-refractivity contribution in [3.8, 4) is 34.0 Å². The molecule has 0 amide bonds. The molecular weight excluding hydrogens is 641 g/mol. The number of fused-ring (bicyclic) bond motifs is 9. The Morgan fingerprint density at radius 2 is 0.980 bits per heavy atom. The van der Waals surface area contributed by atoms with Crippen LogP contribution in [0, 0.1) is 0 Å². The molecule has 4 heterocycles. The predicted molar refractivity (Wildman–Crippen MR) is 214 cm³/mol. The third kappa shape index (κ3) is 4.25. The smallest absolute Gasteiger partial charge is 0.235 e. The minimum atomic E-state index is 0.669. The van der Waals surface area contributed by atoms with Crippen LogP contribution in [0.15, 0.2) is 170 Å². The molecule has 0 atom stereocenters. The molecule has 0 fully saturated rings. The third-order valence-corrected chi connectivity index (χ3v) is 11.3. The second kappa shape index (κ2) is 11.0. The Kier molecular flexibility index (Phi) is 6.09. The molecule has 0 aliphatic heterocycles. The zero-order chi connectivity index (χ0) is 33.5.